The molecule has 2 unspecified atom stereocenters. The molecule has 0 radical (unpaired) electrons. The van der Waals surface area contributed by atoms with Crippen LogP contribution in [-0.2, 0) is 16.6 Å². The van der Waals surface area contributed by atoms with Crippen LogP contribution in [-0.4, -0.2) is 61.8 Å². The van der Waals surface area contributed by atoms with E-state index in [1.54, 1.807) is 11.3 Å². The van der Waals surface area contributed by atoms with Crippen LogP contribution in [0.15, 0.2) is 27.9 Å². The molecule has 0 saturated carbocycles. The van der Waals surface area contributed by atoms with Gasteiger partial charge in [-0.3, -0.25) is 9.89 Å². The van der Waals surface area contributed by atoms with Crippen LogP contribution in [0.25, 0.3) is 0 Å². The number of guanidine groups is 1. The number of rotatable bonds is 7. The summed E-state index contributed by atoms with van der Waals surface area (Å²) in [6.07, 6.45) is 1.17. The lowest BCUT2D eigenvalue weighted by molar-refractivity contribution is -0.0334. The number of hydrogen-bond donors (Lipinski definition) is 2. The topological polar surface area (TPSA) is 61.8 Å². The molecule has 2 aromatic heterocycles. The molecule has 2 N–H and O–H groups in total. The van der Waals surface area contributed by atoms with Crippen LogP contribution in [0.5, 0.6) is 0 Å². The van der Waals surface area contributed by atoms with E-state index in [9.17, 15) is 0 Å². The second kappa shape index (κ2) is 12.5. The summed E-state index contributed by atoms with van der Waals surface area (Å²) in [6, 6.07) is 4.68. The number of nitrogens with zero attached hydrogens (tertiary/aromatic N) is 3. The van der Waals surface area contributed by atoms with Gasteiger partial charge in [0.05, 0.1) is 29.5 Å². The second-order valence-electron chi connectivity index (χ2n) is 8.71. The minimum atomic E-state index is 0. The molecule has 0 spiro atoms. The molecular weight excluding hydrogens is 541 g/mol. The Morgan fingerprint density at radius 3 is 2.77 bits per heavy atom. The third kappa shape index (κ3) is 7.96. The number of morpholine rings is 1. The summed E-state index contributed by atoms with van der Waals surface area (Å²) in [6.45, 7) is 13.1. The Hall–Kier alpha value is -0.750. The van der Waals surface area contributed by atoms with E-state index in [0.717, 1.165) is 45.2 Å². The van der Waals surface area contributed by atoms with Gasteiger partial charge in [-0.2, -0.15) is 0 Å². The van der Waals surface area contributed by atoms with Gasteiger partial charge < -0.3 is 15.4 Å². The standard InChI is InChI=1S/C22H35N5OS2.HI/c1-16-14-27(10-11-28-16)17(18-7-6-12-29-18)13-25-21(23-5)24-9-8-20-26-19(15-30-20)22(2,3)4;/h6-7,12,15-17H,8-11,13-14H2,1-5H3,(H2,23,24,25);1H. The number of thiazole rings is 1. The first-order valence-corrected chi connectivity index (χ1v) is 12.4. The Morgan fingerprint density at radius 2 is 2.16 bits per heavy atom. The molecule has 31 heavy (non-hydrogen) atoms. The number of halogens is 1. The molecule has 3 rings (SSSR count). The molecule has 1 aliphatic heterocycles. The highest BCUT2D eigenvalue weighted by Gasteiger charge is 2.26. The lowest BCUT2D eigenvalue weighted by Gasteiger charge is -2.37. The number of thiophene rings is 1. The van der Waals surface area contributed by atoms with Crippen molar-refractivity contribution in [3.05, 3.63) is 38.5 Å². The van der Waals surface area contributed by atoms with Gasteiger partial charge in [-0.05, 0) is 18.4 Å². The molecule has 0 amide bonds. The van der Waals surface area contributed by atoms with Crippen molar-refractivity contribution < 1.29 is 4.74 Å². The van der Waals surface area contributed by atoms with Crippen LogP contribution in [0.4, 0.5) is 0 Å². The molecular formula is C22H36IN5OS2. The van der Waals surface area contributed by atoms with Crippen LogP contribution in [0.1, 0.15) is 49.3 Å². The summed E-state index contributed by atoms with van der Waals surface area (Å²) < 4.78 is 5.74. The highest BCUT2D eigenvalue weighted by atomic mass is 127. The van der Waals surface area contributed by atoms with Crippen molar-refractivity contribution in [1.29, 1.82) is 0 Å². The molecule has 1 saturated heterocycles. The van der Waals surface area contributed by atoms with Crippen molar-refractivity contribution in [3.63, 3.8) is 0 Å². The lowest BCUT2D eigenvalue weighted by Crippen LogP contribution is -2.48. The van der Waals surface area contributed by atoms with Gasteiger partial charge in [0, 0.05) is 55.3 Å². The van der Waals surface area contributed by atoms with Crippen LogP contribution in [0.3, 0.4) is 0 Å². The van der Waals surface area contributed by atoms with E-state index in [2.05, 4.69) is 71.1 Å². The average Bonchev–Trinajstić information content (AvgIpc) is 3.39. The molecule has 6 nitrogen and oxygen atoms in total. The van der Waals surface area contributed by atoms with Gasteiger partial charge in [0.25, 0.3) is 0 Å². The summed E-state index contributed by atoms with van der Waals surface area (Å²) in [5.74, 6) is 0.838. The zero-order valence-corrected chi connectivity index (χ0v) is 23.1. The Bertz CT molecular complexity index is 803. The first kappa shape index (κ1) is 26.5. The maximum absolute atomic E-state index is 5.74. The van der Waals surface area contributed by atoms with Crippen molar-refractivity contribution >= 4 is 52.6 Å². The number of aromatic nitrogens is 1. The SMILES string of the molecule is CN=C(NCCc1nc(C(C)(C)C)cs1)NCC(c1cccs1)N1CCOC(C)C1.I. The number of ether oxygens (including phenoxy) is 1. The van der Waals surface area contributed by atoms with Crippen LogP contribution >= 0.6 is 46.7 Å². The predicted octanol–water partition coefficient (Wildman–Crippen LogP) is 4.29. The zero-order valence-electron chi connectivity index (χ0n) is 19.2. The zero-order chi connectivity index (χ0) is 21.6. The van der Waals surface area contributed by atoms with E-state index in [4.69, 9.17) is 9.72 Å². The molecule has 0 aromatic carbocycles. The van der Waals surface area contributed by atoms with Gasteiger partial charge in [0.15, 0.2) is 5.96 Å². The smallest absolute Gasteiger partial charge is 0.191 e. The molecule has 2 aromatic rings. The summed E-state index contributed by atoms with van der Waals surface area (Å²) in [5, 5.41) is 12.5. The Balaban J connectivity index is 0.00000341. The summed E-state index contributed by atoms with van der Waals surface area (Å²) in [4.78, 5) is 13.1. The number of aliphatic imine (C=N–C) groups is 1. The minimum absolute atomic E-state index is 0. The largest absolute Gasteiger partial charge is 0.376 e. The quantitative estimate of drug-likeness (QED) is 0.292. The van der Waals surface area contributed by atoms with Gasteiger partial charge in [-0.25, -0.2) is 4.98 Å². The molecule has 9 heteroatoms. The van der Waals surface area contributed by atoms with Crippen molar-refractivity contribution in [3.8, 4) is 0 Å². The highest BCUT2D eigenvalue weighted by molar-refractivity contribution is 14.0. The molecule has 3 heterocycles. The summed E-state index contributed by atoms with van der Waals surface area (Å²) in [5.41, 5.74) is 1.27. The fourth-order valence-corrected chi connectivity index (χ4v) is 5.38. The van der Waals surface area contributed by atoms with Gasteiger partial charge in [-0.1, -0.05) is 26.8 Å². The lowest BCUT2D eigenvalue weighted by atomic mass is 9.93. The molecule has 174 valence electrons. The Labute approximate surface area is 211 Å². The summed E-state index contributed by atoms with van der Waals surface area (Å²) >= 11 is 3.56. The first-order valence-electron chi connectivity index (χ1n) is 10.6. The third-order valence-corrected chi connectivity index (χ3v) is 7.10. The van der Waals surface area contributed by atoms with Crippen LogP contribution in [0, 0.1) is 0 Å². The first-order chi connectivity index (χ1) is 14.4. The van der Waals surface area contributed by atoms with Gasteiger partial charge in [0.1, 0.15) is 0 Å². The van der Waals surface area contributed by atoms with Gasteiger partial charge >= 0.3 is 0 Å². The van der Waals surface area contributed by atoms with E-state index in [1.165, 1.54) is 15.6 Å². The monoisotopic (exact) mass is 577 g/mol. The highest BCUT2D eigenvalue weighted by Crippen LogP contribution is 2.26. The minimum Gasteiger partial charge on any atom is -0.376 e. The maximum atomic E-state index is 5.74. The Morgan fingerprint density at radius 1 is 1.35 bits per heavy atom. The van der Waals surface area contributed by atoms with Crippen molar-refractivity contribution in [2.75, 3.05) is 39.8 Å². The van der Waals surface area contributed by atoms with E-state index >= 15 is 0 Å². The van der Waals surface area contributed by atoms with Gasteiger partial charge in [-0.15, -0.1) is 46.7 Å². The number of nitrogens with one attached hydrogen (secondary N) is 2. The fourth-order valence-electron chi connectivity index (χ4n) is 3.49. The normalized spacial score (nSPS) is 19.0. The fraction of sp³-hybridized carbons (Fsp3) is 0.636. The third-order valence-electron chi connectivity index (χ3n) is 5.22. The van der Waals surface area contributed by atoms with E-state index in [-0.39, 0.29) is 35.5 Å². The number of hydrogen-bond acceptors (Lipinski definition) is 6. The second-order valence-corrected chi connectivity index (χ2v) is 10.6. The van der Waals surface area contributed by atoms with E-state index in [1.807, 2.05) is 18.4 Å². The van der Waals surface area contributed by atoms with Crippen LogP contribution in [0.2, 0.25) is 0 Å². The van der Waals surface area contributed by atoms with Gasteiger partial charge in [0.2, 0.25) is 0 Å². The van der Waals surface area contributed by atoms with Crippen LogP contribution < -0.4 is 10.6 Å². The van der Waals surface area contributed by atoms with Crippen molar-refractivity contribution in [2.24, 2.45) is 4.99 Å². The molecule has 1 aliphatic rings. The van der Waals surface area contributed by atoms with E-state index in [0.29, 0.717) is 6.04 Å². The summed E-state index contributed by atoms with van der Waals surface area (Å²) in [7, 11) is 1.83. The molecule has 0 aliphatic carbocycles. The Kier molecular flexibility index (Phi) is 10.7. The van der Waals surface area contributed by atoms with E-state index < -0.39 is 0 Å². The maximum Gasteiger partial charge on any atom is 0.191 e. The molecule has 1 fully saturated rings. The van der Waals surface area contributed by atoms with Crippen molar-refractivity contribution in [1.82, 2.24) is 20.5 Å². The predicted molar refractivity (Wildman–Crippen MR) is 143 cm³/mol. The van der Waals surface area contributed by atoms with Crippen molar-refractivity contribution in [2.45, 2.75) is 51.7 Å². The average molecular weight is 578 g/mol. The molecule has 0 bridgehead atoms. The molecule has 2 atom stereocenters.